The molecule has 1 aliphatic heterocycles. The van der Waals surface area contributed by atoms with Crippen molar-refractivity contribution < 1.29 is 4.74 Å². The summed E-state index contributed by atoms with van der Waals surface area (Å²) in [5.41, 5.74) is 4.10. The van der Waals surface area contributed by atoms with E-state index in [1.807, 2.05) is 22.6 Å². The topological polar surface area (TPSA) is 65.1 Å². The fourth-order valence-electron chi connectivity index (χ4n) is 2.59. The Labute approximate surface area is 126 Å². The third-order valence-corrected chi connectivity index (χ3v) is 5.84. The summed E-state index contributed by atoms with van der Waals surface area (Å²) in [6, 6.07) is 0.0775. The maximum atomic E-state index is 5.84. The molecule has 1 aliphatic rings. The molecule has 0 radical (unpaired) electrons. The molecule has 3 N–H and O–H groups in total. The van der Waals surface area contributed by atoms with Crippen LogP contribution in [0, 0.1) is 0 Å². The van der Waals surface area contributed by atoms with Crippen LogP contribution in [0.15, 0.2) is 10.7 Å². The van der Waals surface area contributed by atoms with Crippen LogP contribution in [0.5, 0.6) is 0 Å². The van der Waals surface area contributed by atoms with E-state index in [0.717, 1.165) is 23.1 Å². The number of hydrogen-bond donors (Lipinski definition) is 2. The molecule has 5 nitrogen and oxygen atoms in total. The van der Waals surface area contributed by atoms with E-state index >= 15 is 0 Å². The molecular formula is C12H21BrN4OS. The Bertz CT molecular complexity index is 420. The number of nitrogens with one attached hydrogen (secondary N) is 1. The molecule has 0 aliphatic carbocycles. The highest BCUT2D eigenvalue weighted by Crippen LogP contribution is 2.47. The summed E-state index contributed by atoms with van der Waals surface area (Å²) in [5.74, 6) is 7.03. The molecule has 2 atom stereocenters. The largest absolute Gasteiger partial charge is 0.383 e. The van der Waals surface area contributed by atoms with Crippen LogP contribution in [-0.4, -0.2) is 34.0 Å². The molecule has 2 unspecified atom stereocenters. The Morgan fingerprint density at radius 1 is 1.74 bits per heavy atom. The second-order valence-electron chi connectivity index (χ2n) is 4.96. The Morgan fingerprint density at radius 3 is 3.11 bits per heavy atom. The number of rotatable bonds is 6. The van der Waals surface area contributed by atoms with Gasteiger partial charge in [-0.15, -0.1) is 0 Å². The lowest BCUT2D eigenvalue weighted by Gasteiger charge is -2.33. The van der Waals surface area contributed by atoms with Gasteiger partial charge in [0, 0.05) is 11.9 Å². The van der Waals surface area contributed by atoms with E-state index in [-0.39, 0.29) is 10.8 Å². The molecule has 0 bridgehead atoms. The van der Waals surface area contributed by atoms with Crippen molar-refractivity contribution in [1.29, 1.82) is 0 Å². The van der Waals surface area contributed by atoms with Crippen LogP contribution in [0.25, 0.3) is 0 Å². The number of ether oxygens (including phenoxy) is 1. The summed E-state index contributed by atoms with van der Waals surface area (Å²) in [7, 11) is 1.70. The SMILES string of the molecule is COCCn1ncc(Br)c1C(NN)C1(C)CCCS1. The van der Waals surface area contributed by atoms with Gasteiger partial charge in [-0.2, -0.15) is 16.9 Å². The average molecular weight is 349 g/mol. The Kier molecular flexibility index (Phi) is 5.30. The number of nitrogens with two attached hydrogens (primary N) is 1. The van der Waals surface area contributed by atoms with Crippen molar-refractivity contribution >= 4 is 27.7 Å². The van der Waals surface area contributed by atoms with E-state index in [2.05, 4.69) is 33.4 Å². The third-order valence-electron chi connectivity index (χ3n) is 3.64. The third kappa shape index (κ3) is 3.16. The molecule has 2 rings (SSSR count). The van der Waals surface area contributed by atoms with Gasteiger partial charge in [-0.05, 0) is 41.4 Å². The summed E-state index contributed by atoms with van der Waals surface area (Å²) >= 11 is 5.57. The van der Waals surface area contributed by atoms with Gasteiger partial charge >= 0.3 is 0 Å². The molecule has 1 saturated heterocycles. The number of hydrogen-bond acceptors (Lipinski definition) is 5. The standard InChI is InChI=1S/C12H21BrN4OS/c1-12(4-3-7-19-12)11(16-14)10-9(13)8-15-17(10)5-6-18-2/h8,11,16H,3-7,14H2,1-2H3. The predicted octanol–water partition coefficient (Wildman–Crippen LogP) is 2.08. The van der Waals surface area contributed by atoms with Crippen LogP contribution < -0.4 is 11.3 Å². The number of thioether (sulfide) groups is 1. The lowest BCUT2D eigenvalue weighted by atomic mass is 9.94. The van der Waals surface area contributed by atoms with Gasteiger partial charge in [0.25, 0.3) is 0 Å². The zero-order valence-corrected chi connectivity index (χ0v) is 13.8. The fourth-order valence-corrected chi connectivity index (χ4v) is 4.50. The van der Waals surface area contributed by atoms with Crippen molar-refractivity contribution in [3.63, 3.8) is 0 Å². The van der Waals surface area contributed by atoms with Crippen molar-refractivity contribution in [3.8, 4) is 0 Å². The minimum absolute atomic E-state index is 0.0775. The lowest BCUT2D eigenvalue weighted by molar-refractivity contribution is 0.181. The lowest BCUT2D eigenvalue weighted by Crippen LogP contribution is -2.42. The van der Waals surface area contributed by atoms with Crippen LogP contribution >= 0.6 is 27.7 Å². The maximum absolute atomic E-state index is 5.84. The average Bonchev–Trinajstić information content (AvgIpc) is 2.97. The van der Waals surface area contributed by atoms with Crippen molar-refractivity contribution in [3.05, 3.63) is 16.4 Å². The molecule has 0 amide bonds. The first-order valence-corrected chi connectivity index (χ1v) is 8.20. The molecule has 7 heteroatoms. The Balaban J connectivity index is 2.29. The summed E-state index contributed by atoms with van der Waals surface area (Å²) < 4.78 is 8.23. The van der Waals surface area contributed by atoms with Crippen LogP contribution in [0.4, 0.5) is 0 Å². The number of aromatic nitrogens is 2. The Morgan fingerprint density at radius 2 is 2.53 bits per heavy atom. The molecule has 1 fully saturated rings. The van der Waals surface area contributed by atoms with Gasteiger partial charge in [0.1, 0.15) is 0 Å². The summed E-state index contributed by atoms with van der Waals surface area (Å²) in [6.45, 7) is 3.65. The molecule has 2 heterocycles. The van der Waals surface area contributed by atoms with Gasteiger partial charge < -0.3 is 4.74 Å². The zero-order chi connectivity index (χ0) is 13.9. The normalized spacial score (nSPS) is 24.8. The quantitative estimate of drug-likeness (QED) is 0.608. The second kappa shape index (κ2) is 6.58. The van der Waals surface area contributed by atoms with Gasteiger partial charge in [0.2, 0.25) is 0 Å². The highest BCUT2D eigenvalue weighted by Gasteiger charge is 2.40. The van der Waals surface area contributed by atoms with Crippen LogP contribution in [-0.2, 0) is 11.3 Å². The summed E-state index contributed by atoms with van der Waals surface area (Å²) in [4.78, 5) is 0. The molecule has 108 valence electrons. The highest BCUT2D eigenvalue weighted by atomic mass is 79.9. The summed E-state index contributed by atoms with van der Waals surface area (Å²) in [5, 5.41) is 4.41. The van der Waals surface area contributed by atoms with E-state index in [9.17, 15) is 0 Å². The predicted molar refractivity (Wildman–Crippen MR) is 82.0 cm³/mol. The highest BCUT2D eigenvalue weighted by molar-refractivity contribution is 9.10. The maximum Gasteiger partial charge on any atom is 0.0784 e. The van der Waals surface area contributed by atoms with Gasteiger partial charge in [0.15, 0.2) is 0 Å². The molecule has 1 aromatic heterocycles. The molecule has 1 aromatic rings. The fraction of sp³-hybridized carbons (Fsp3) is 0.750. The minimum atomic E-state index is 0.0775. The minimum Gasteiger partial charge on any atom is -0.383 e. The molecular weight excluding hydrogens is 328 g/mol. The summed E-state index contributed by atoms with van der Waals surface area (Å²) in [6.07, 6.45) is 4.23. The van der Waals surface area contributed by atoms with Crippen LogP contribution in [0.3, 0.4) is 0 Å². The van der Waals surface area contributed by atoms with Crippen molar-refractivity contribution in [2.24, 2.45) is 5.84 Å². The second-order valence-corrected chi connectivity index (χ2v) is 7.44. The number of halogens is 1. The van der Waals surface area contributed by atoms with E-state index in [1.165, 1.54) is 12.2 Å². The Hall–Kier alpha value is -0.0800. The van der Waals surface area contributed by atoms with Gasteiger partial charge in [-0.25, -0.2) is 5.43 Å². The van der Waals surface area contributed by atoms with E-state index < -0.39 is 0 Å². The van der Waals surface area contributed by atoms with E-state index in [1.54, 1.807) is 7.11 Å². The van der Waals surface area contributed by atoms with Crippen LogP contribution in [0.1, 0.15) is 31.5 Å². The van der Waals surface area contributed by atoms with E-state index in [4.69, 9.17) is 10.6 Å². The zero-order valence-electron chi connectivity index (χ0n) is 11.4. The number of nitrogens with zero attached hydrogens (tertiary/aromatic N) is 2. The van der Waals surface area contributed by atoms with E-state index in [0.29, 0.717) is 6.61 Å². The van der Waals surface area contributed by atoms with Crippen LogP contribution in [0.2, 0.25) is 0 Å². The molecule has 19 heavy (non-hydrogen) atoms. The van der Waals surface area contributed by atoms with Crippen molar-refractivity contribution in [2.75, 3.05) is 19.5 Å². The number of hydrazine groups is 1. The molecule has 0 saturated carbocycles. The first-order valence-electron chi connectivity index (χ1n) is 6.42. The first-order chi connectivity index (χ1) is 9.12. The smallest absolute Gasteiger partial charge is 0.0784 e. The van der Waals surface area contributed by atoms with Crippen molar-refractivity contribution in [2.45, 2.75) is 37.1 Å². The first kappa shape index (κ1) is 15.3. The van der Waals surface area contributed by atoms with Crippen molar-refractivity contribution in [1.82, 2.24) is 15.2 Å². The van der Waals surface area contributed by atoms with Gasteiger partial charge in [-0.1, -0.05) is 0 Å². The van der Waals surface area contributed by atoms with Gasteiger partial charge in [-0.3, -0.25) is 10.5 Å². The molecule has 0 aromatic carbocycles. The van der Waals surface area contributed by atoms with Gasteiger partial charge in [0.05, 0.1) is 35.6 Å². The monoisotopic (exact) mass is 348 g/mol. The number of methoxy groups -OCH3 is 1. The molecule has 0 spiro atoms.